The van der Waals surface area contributed by atoms with Crippen LogP contribution in [0.3, 0.4) is 0 Å². The van der Waals surface area contributed by atoms with Crippen LogP contribution in [0, 0.1) is 6.92 Å². The standard InChI is InChI=1S/C12H20N4O3/c1-5-7-13-11(17)9(4)16-8(3)10(14-15-16)12(18)19-6-2/h9H,5-7H2,1-4H3,(H,13,17). The Labute approximate surface area is 112 Å². The molecule has 1 heterocycles. The molecule has 0 spiro atoms. The van der Waals surface area contributed by atoms with E-state index in [1.807, 2.05) is 6.92 Å². The summed E-state index contributed by atoms with van der Waals surface area (Å²) in [7, 11) is 0. The molecule has 0 radical (unpaired) electrons. The number of hydrogen-bond acceptors (Lipinski definition) is 5. The van der Waals surface area contributed by atoms with Crippen LogP contribution in [0.25, 0.3) is 0 Å². The van der Waals surface area contributed by atoms with Gasteiger partial charge in [-0.05, 0) is 27.2 Å². The molecule has 1 atom stereocenters. The van der Waals surface area contributed by atoms with Crippen molar-refractivity contribution in [2.24, 2.45) is 0 Å². The van der Waals surface area contributed by atoms with Crippen molar-refractivity contribution in [1.29, 1.82) is 0 Å². The summed E-state index contributed by atoms with van der Waals surface area (Å²) >= 11 is 0. The highest BCUT2D eigenvalue weighted by Crippen LogP contribution is 2.12. The zero-order valence-electron chi connectivity index (χ0n) is 11.8. The maximum absolute atomic E-state index is 11.8. The molecule has 0 aliphatic rings. The number of amides is 1. The Kier molecular flexibility index (Phi) is 5.47. The van der Waals surface area contributed by atoms with E-state index < -0.39 is 12.0 Å². The molecule has 7 heteroatoms. The van der Waals surface area contributed by atoms with Crippen molar-refractivity contribution >= 4 is 11.9 Å². The van der Waals surface area contributed by atoms with Gasteiger partial charge in [0.05, 0.1) is 12.3 Å². The van der Waals surface area contributed by atoms with Crippen molar-refractivity contribution in [2.75, 3.05) is 13.2 Å². The SMILES string of the molecule is CCCNC(=O)C(C)n1nnc(C(=O)OCC)c1C. The van der Waals surface area contributed by atoms with E-state index in [9.17, 15) is 9.59 Å². The third kappa shape index (κ3) is 3.52. The highest BCUT2D eigenvalue weighted by atomic mass is 16.5. The van der Waals surface area contributed by atoms with Gasteiger partial charge in [-0.15, -0.1) is 5.10 Å². The van der Waals surface area contributed by atoms with E-state index in [0.717, 1.165) is 6.42 Å². The molecule has 7 nitrogen and oxygen atoms in total. The first kappa shape index (κ1) is 15.1. The second-order valence-electron chi connectivity index (χ2n) is 4.16. The predicted octanol–water partition coefficient (Wildman–Crippen LogP) is 0.850. The Bertz CT molecular complexity index is 456. The maximum atomic E-state index is 11.8. The molecule has 0 aliphatic carbocycles. The van der Waals surface area contributed by atoms with E-state index in [0.29, 0.717) is 12.2 Å². The van der Waals surface area contributed by atoms with Crippen LogP contribution < -0.4 is 5.32 Å². The molecule has 1 aromatic heterocycles. The molecule has 0 bridgehead atoms. The molecule has 0 fully saturated rings. The second-order valence-corrected chi connectivity index (χ2v) is 4.16. The zero-order valence-corrected chi connectivity index (χ0v) is 11.8. The largest absolute Gasteiger partial charge is 0.461 e. The molecule has 0 saturated carbocycles. The summed E-state index contributed by atoms with van der Waals surface area (Å²) in [5.41, 5.74) is 0.676. The van der Waals surface area contributed by atoms with Crippen LogP contribution in [0.4, 0.5) is 0 Å². The molecule has 19 heavy (non-hydrogen) atoms. The monoisotopic (exact) mass is 268 g/mol. The fourth-order valence-corrected chi connectivity index (χ4v) is 1.60. The van der Waals surface area contributed by atoms with Gasteiger partial charge in [0.25, 0.3) is 0 Å². The molecular weight excluding hydrogens is 248 g/mol. The van der Waals surface area contributed by atoms with Crippen LogP contribution in [0.1, 0.15) is 49.4 Å². The van der Waals surface area contributed by atoms with Gasteiger partial charge in [0.1, 0.15) is 6.04 Å². The lowest BCUT2D eigenvalue weighted by molar-refractivity contribution is -0.124. The summed E-state index contributed by atoms with van der Waals surface area (Å²) < 4.78 is 6.30. The van der Waals surface area contributed by atoms with Crippen molar-refractivity contribution in [2.45, 2.75) is 40.2 Å². The Morgan fingerprint density at radius 3 is 2.68 bits per heavy atom. The number of carbonyl (C=O) groups excluding carboxylic acids is 2. The minimum absolute atomic E-state index is 0.148. The van der Waals surface area contributed by atoms with Gasteiger partial charge in [-0.3, -0.25) is 4.79 Å². The van der Waals surface area contributed by atoms with E-state index in [1.54, 1.807) is 20.8 Å². The average molecular weight is 268 g/mol. The molecule has 0 saturated heterocycles. The summed E-state index contributed by atoms with van der Waals surface area (Å²) in [4.78, 5) is 23.4. The number of rotatable bonds is 6. The first-order valence-corrected chi connectivity index (χ1v) is 6.39. The van der Waals surface area contributed by atoms with E-state index in [4.69, 9.17) is 4.74 Å². The van der Waals surface area contributed by atoms with Crippen molar-refractivity contribution in [1.82, 2.24) is 20.3 Å². The van der Waals surface area contributed by atoms with Gasteiger partial charge in [0.2, 0.25) is 5.91 Å². The lowest BCUT2D eigenvalue weighted by Gasteiger charge is -2.13. The molecule has 1 aromatic rings. The number of aromatic nitrogens is 3. The number of ether oxygens (including phenoxy) is 1. The lowest BCUT2D eigenvalue weighted by Crippen LogP contribution is -2.32. The van der Waals surface area contributed by atoms with Gasteiger partial charge in [0, 0.05) is 6.54 Å². The molecule has 1 N–H and O–H groups in total. The molecule has 0 aliphatic heterocycles. The minimum atomic E-state index is -0.521. The van der Waals surface area contributed by atoms with E-state index in [-0.39, 0.29) is 18.2 Å². The summed E-state index contributed by atoms with van der Waals surface area (Å²) in [6, 6.07) is -0.512. The fourth-order valence-electron chi connectivity index (χ4n) is 1.60. The van der Waals surface area contributed by atoms with Gasteiger partial charge >= 0.3 is 5.97 Å². The molecule has 1 rings (SSSR count). The third-order valence-electron chi connectivity index (χ3n) is 2.69. The number of carbonyl (C=O) groups is 2. The summed E-state index contributed by atoms with van der Waals surface area (Å²) in [6.45, 7) is 7.99. The molecule has 1 unspecified atom stereocenters. The predicted molar refractivity (Wildman–Crippen MR) is 68.7 cm³/mol. The van der Waals surface area contributed by atoms with Gasteiger partial charge in [-0.25, -0.2) is 9.48 Å². The average Bonchev–Trinajstić information content (AvgIpc) is 2.77. The quantitative estimate of drug-likeness (QED) is 0.773. The first-order chi connectivity index (χ1) is 9.02. The minimum Gasteiger partial charge on any atom is -0.461 e. The number of nitrogens with one attached hydrogen (secondary N) is 1. The Balaban J connectivity index is 2.85. The van der Waals surface area contributed by atoms with Gasteiger partial charge in [0.15, 0.2) is 5.69 Å². The topological polar surface area (TPSA) is 86.1 Å². The lowest BCUT2D eigenvalue weighted by atomic mass is 10.2. The smallest absolute Gasteiger partial charge is 0.360 e. The summed E-state index contributed by atoms with van der Waals surface area (Å²) in [6.07, 6.45) is 0.864. The number of esters is 1. The van der Waals surface area contributed by atoms with E-state index in [1.165, 1.54) is 4.68 Å². The maximum Gasteiger partial charge on any atom is 0.360 e. The first-order valence-electron chi connectivity index (χ1n) is 6.39. The molecule has 0 aromatic carbocycles. The molecule has 1 amide bonds. The number of hydrogen-bond donors (Lipinski definition) is 1. The third-order valence-corrected chi connectivity index (χ3v) is 2.69. The highest BCUT2D eigenvalue weighted by Gasteiger charge is 2.23. The van der Waals surface area contributed by atoms with Crippen LogP contribution in [0.15, 0.2) is 0 Å². The second kappa shape index (κ2) is 6.86. The van der Waals surface area contributed by atoms with Crippen LogP contribution >= 0.6 is 0 Å². The van der Waals surface area contributed by atoms with Crippen LogP contribution in [-0.2, 0) is 9.53 Å². The fraction of sp³-hybridized carbons (Fsp3) is 0.667. The van der Waals surface area contributed by atoms with Crippen molar-refractivity contribution in [3.63, 3.8) is 0 Å². The van der Waals surface area contributed by atoms with E-state index in [2.05, 4.69) is 15.6 Å². The molecule has 106 valence electrons. The van der Waals surface area contributed by atoms with E-state index >= 15 is 0 Å². The Morgan fingerprint density at radius 2 is 2.11 bits per heavy atom. The van der Waals surface area contributed by atoms with Gasteiger partial charge in [-0.1, -0.05) is 12.1 Å². The molecular formula is C12H20N4O3. The van der Waals surface area contributed by atoms with Crippen LogP contribution in [0.2, 0.25) is 0 Å². The van der Waals surface area contributed by atoms with Gasteiger partial charge in [-0.2, -0.15) is 0 Å². The Morgan fingerprint density at radius 1 is 1.42 bits per heavy atom. The van der Waals surface area contributed by atoms with Gasteiger partial charge < -0.3 is 10.1 Å². The van der Waals surface area contributed by atoms with Crippen molar-refractivity contribution in [3.05, 3.63) is 11.4 Å². The summed E-state index contributed by atoms with van der Waals surface area (Å²) in [5.74, 6) is -0.669. The van der Waals surface area contributed by atoms with Crippen LogP contribution in [-0.4, -0.2) is 40.0 Å². The van der Waals surface area contributed by atoms with Crippen molar-refractivity contribution in [3.8, 4) is 0 Å². The highest BCUT2D eigenvalue weighted by molar-refractivity contribution is 5.88. The van der Waals surface area contributed by atoms with Crippen LogP contribution in [0.5, 0.6) is 0 Å². The van der Waals surface area contributed by atoms with Crippen molar-refractivity contribution < 1.29 is 14.3 Å². The summed E-state index contributed by atoms with van der Waals surface area (Å²) in [5, 5.41) is 10.4. The Hall–Kier alpha value is -1.92. The zero-order chi connectivity index (χ0) is 14.4. The normalized spacial score (nSPS) is 12.0. The number of nitrogens with zero attached hydrogens (tertiary/aromatic N) is 3.